The highest BCUT2D eigenvalue weighted by Crippen LogP contribution is 2.49. The molecular weight excluding hydrogens is 540 g/mol. The summed E-state index contributed by atoms with van der Waals surface area (Å²) in [6, 6.07) is 48.1. The van der Waals surface area contributed by atoms with Crippen LogP contribution in [0.25, 0.3) is 74.1 Å². The van der Waals surface area contributed by atoms with Crippen LogP contribution in [0.5, 0.6) is 0 Å². The van der Waals surface area contributed by atoms with Gasteiger partial charge in [0.25, 0.3) is 0 Å². The zero-order chi connectivity index (χ0) is 27.3. The van der Waals surface area contributed by atoms with E-state index in [-0.39, 0.29) is 5.82 Å². The fourth-order valence-electron chi connectivity index (χ4n) is 5.79. The molecule has 2 aromatic heterocycles. The van der Waals surface area contributed by atoms with Gasteiger partial charge in [-0.1, -0.05) is 103 Å². The average Bonchev–Trinajstić information content (AvgIpc) is 3.57. The first-order chi connectivity index (χ1) is 20.2. The standard InChI is InChI=1S/C38H23FS2/c39-28-18-16-27(17-19-28)30-21-34-36(23-32(30)26-14-8-3-9-15-26)41-37-33-20-29(24-10-4-1-5-11-24)31(22-35(33)40-38(34)37)25-12-6-2-7-13-25/h1-23H. The molecule has 0 aliphatic carbocycles. The van der Waals surface area contributed by atoms with Crippen molar-refractivity contribution in [2.45, 2.75) is 0 Å². The Morgan fingerprint density at radius 3 is 1.10 bits per heavy atom. The predicted molar refractivity (Wildman–Crippen MR) is 176 cm³/mol. The number of benzene rings is 6. The lowest BCUT2D eigenvalue weighted by Crippen LogP contribution is -1.86. The third kappa shape index (κ3) is 4.17. The summed E-state index contributed by atoms with van der Waals surface area (Å²) in [7, 11) is 0. The van der Waals surface area contributed by atoms with Crippen molar-refractivity contribution >= 4 is 52.2 Å². The maximum absolute atomic E-state index is 13.9. The molecule has 0 spiro atoms. The van der Waals surface area contributed by atoms with E-state index in [1.165, 1.54) is 57.4 Å². The van der Waals surface area contributed by atoms with Crippen LogP contribution in [0.3, 0.4) is 0 Å². The first kappa shape index (κ1) is 24.2. The van der Waals surface area contributed by atoms with Crippen molar-refractivity contribution in [1.82, 2.24) is 0 Å². The van der Waals surface area contributed by atoms with Crippen LogP contribution in [0.2, 0.25) is 0 Å². The Kier molecular flexibility index (Phi) is 5.80. The van der Waals surface area contributed by atoms with Gasteiger partial charge in [0.1, 0.15) is 5.82 Å². The maximum atomic E-state index is 13.9. The van der Waals surface area contributed by atoms with Crippen molar-refractivity contribution in [3.63, 3.8) is 0 Å². The highest BCUT2D eigenvalue weighted by atomic mass is 32.1. The molecule has 41 heavy (non-hydrogen) atoms. The van der Waals surface area contributed by atoms with E-state index in [0.717, 1.165) is 16.7 Å². The van der Waals surface area contributed by atoms with Crippen LogP contribution in [-0.4, -0.2) is 0 Å². The Labute approximate surface area is 245 Å². The SMILES string of the molecule is Fc1ccc(-c2cc3c(cc2-c2ccccc2)sc2c4cc(-c5ccccc5)c(-c5ccccc5)cc4sc32)cc1. The lowest BCUT2D eigenvalue weighted by molar-refractivity contribution is 0.628. The van der Waals surface area contributed by atoms with Crippen LogP contribution in [-0.2, 0) is 0 Å². The highest BCUT2D eigenvalue weighted by Gasteiger charge is 2.19. The van der Waals surface area contributed by atoms with Gasteiger partial charge < -0.3 is 0 Å². The molecule has 0 fully saturated rings. The molecule has 194 valence electrons. The van der Waals surface area contributed by atoms with Crippen LogP contribution in [0.4, 0.5) is 4.39 Å². The van der Waals surface area contributed by atoms with Crippen LogP contribution in [0, 0.1) is 5.82 Å². The number of thiophene rings is 2. The molecule has 0 nitrogen and oxygen atoms in total. The molecule has 0 atom stereocenters. The van der Waals surface area contributed by atoms with Crippen molar-refractivity contribution in [1.29, 1.82) is 0 Å². The second kappa shape index (κ2) is 9.81. The summed E-state index contributed by atoms with van der Waals surface area (Å²) in [4.78, 5) is 0. The summed E-state index contributed by atoms with van der Waals surface area (Å²) in [5.41, 5.74) is 9.41. The van der Waals surface area contributed by atoms with Gasteiger partial charge in [0, 0.05) is 20.2 Å². The Hall–Kier alpha value is -4.57. The Balaban J connectivity index is 1.42. The summed E-state index contributed by atoms with van der Waals surface area (Å²) in [5.74, 6) is -0.220. The largest absolute Gasteiger partial charge is 0.207 e. The van der Waals surface area contributed by atoms with E-state index in [2.05, 4.69) is 109 Å². The van der Waals surface area contributed by atoms with Gasteiger partial charge in [-0.3, -0.25) is 0 Å². The van der Waals surface area contributed by atoms with Crippen molar-refractivity contribution < 1.29 is 4.39 Å². The van der Waals surface area contributed by atoms with Gasteiger partial charge in [-0.05, 0) is 80.9 Å². The first-order valence-electron chi connectivity index (χ1n) is 13.6. The number of rotatable bonds is 4. The number of halogens is 1. The first-order valence-corrected chi connectivity index (χ1v) is 15.3. The molecule has 0 N–H and O–H groups in total. The minimum Gasteiger partial charge on any atom is -0.207 e. The molecule has 6 aromatic carbocycles. The molecule has 0 radical (unpaired) electrons. The van der Waals surface area contributed by atoms with Gasteiger partial charge >= 0.3 is 0 Å². The van der Waals surface area contributed by atoms with Crippen LogP contribution in [0.1, 0.15) is 0 Å². The molecule has 0 bridgehead atoms. The van der Waals surface area contributed by atoms with Crippen LogP contribution >= 0.6 is 22.7 Å². The monoisotopic (exact) mass is 562 g/mol. The molecular formula is C38H23FS2. The van der Waals surface area contributed by atoms with Gasteiger partial charge in [0.2, 0.25) is 0 Å². The lowest BCUT2D eigenvalue weighted by atomic mass is 9.93. The summed E-state index contributed by atoms with van der Waals surface area (Å²) in [5, 5.41) is 2.56. The molecule has 0 saturated heterocycles. The molecule has 0 saturated carbocycles. The van der Waals surface area contributed by atoms with Gasteiger partial charge in [0.05, 0.1) is 9.40 Å². The van der Waals surface area contributed by atoms with Gasteiger partial charge in [0.15, 0.2) is 0 Å². The smallest absolute Gasteiger partial charge is 0.123 e. The number of fused-ring (bicyclic) bond motifs is 5. The molecule has 8 aromatic rings. The molecule has 8 rings (SSSR count). The van der Waals surface area contributed by atoms with Crippen LogP contribution < -0.4 is 0 Å². The van der Waals surface area contributed by atoms with Crippen molar-refractivity contribution in [3.8, 4) is 44.5 Å². The minimum absolute atomic E-state index is 0.220. The molecule has 0 amide bonds. The third-order valence-corrected chi connectivity index (χ3v) is 10.3. The molecule has 0 aliphatic rings. The van der Waals surface area contributed by atoms with Crippen molar-refractivity contribution in [2.75, 3.05) is 0 Å². The average molecular weight is 563 g/mol. The minimum atomic E-state index is -0.220. The van der Waals surface area contributed by atoms with E-state index in [9.17, 15) is 4.39 Å². The highest BCUT2D eigenvalue weighted by molar-refractivity contribution is 7.36. The topological polar surface area (TPSA) is 0 Å². The van der Waals surface area contributed by atoms with Crippen molar-refractivity contribution in [3.05, 3.63) is 145 Å². The number of hydrogen-bond acceptors (Lipinski definition) is 2. The van der Waals surface area contributed by atoms with E-state index >= 15 is 0 Å². The second-order valence-electron chi connectivity index (χ2n) is 10.3. The summed E-state index contributed by atoms with van der Waals surface area (Å²) >= 11 is 3.74. The Bertz CT molecular complexity index is 2170. The number of hydrogen-bond donors (Lipinski definition) is 0. The second-order valence-corrected chi connectivity index (χ2v) is 12.4. The fourth-order valence-corrected chi connectivity index (χ4v) is 8.47. The molecule has 0 unspecified atom stereocenters. The Morgan fingerprint density at radius 2 is 0.707 bits per heavy atom. The molecule has 0 aliphatic heterocycles. The summed E-state index contributed by atoms with van der Waals surface area (Å²) < 4.78 is 19.1. The van der Waals surface area contributed by atoms with E-state index < -0.39 is 0 Å². The predicted octanol–water partition coefficient (Wildman–Crippen LogP) is 12.1. The fraction of sp³-hybridized carbons (Fsp3) is 0. The van der Waals surface area contributed by atoms with Gasteiger partial charge in [-0.15, -0.1) is 22.7 Å². The normalized spacial score (nSPS) is 11.5. The molecule has 3 heteroatoms. The van der Waals surface area contributed by atoms with E-state index in [4.69, 9.17) is 0 Å². The van der Waals surface area contributed by atoms with Crippen molar-refractivity contribution in [2.24, 2.45) is 0 Å². The van der Waals surface area contributed by atoms with Crippen LogP contribution in [0.15, 0.2) is 140 Å². The van der Waals surface area contributed by atoms with Gasteiger partial charge in [-0.25, -0.2) is 4.39 Å². The lowest BCUT2D eigenvalue weighted by Gasteiger charge is -2.12. The van der Waals surface area contributed by atoms with E-state index in [1.807, 2.05) is 40.9 Å². The van der Waals surface area contributed by atoms with E-state index in [0.29, 0.717) is 0 Å². The van der Waals surface area contributed by atoms with E-state index in [1.54, 1.807) is 12.1 Å². The summed E-state index contributed by atoms with van der Waals surface area (Å²) in [6.45, 7) is 0. The summed E-state index contributed by atoms with van der Waals surface area (Å²) in [6.07, 6.45) is 0. The van der Waals surface area contributed by atoms with Gasteiger partial charge in [-0.2, -0.15) is 0 Å². The maximum Gasteiger partial charge on any atom is 0.123 e. The zero-order valence-corrected chi connectivity index (χ0v) is 23.6. The molecule has 2 heterocycles. The zero-order valence-electron chi connectivity index (χ0n) is 22.0. The Morgan fingerprint density at radius 1 is 0.366 bits per heavy atom. The third-order valence-electron chi connectivity index (χ3n) is 7.77. The quantitative estimate of drug-likeness (QED) is 0.200.